The Kier molecular flexibility index (Phi) is 9.37. The fraction of sp³-hybridized carbons (Fsp3) is 0.944. The molecule has 0 unspecified atom stereocenters. The molecule has 1 fully saturated rings. The molecule has 6 nitrogen and oxygen atoms in total. The van der Waals surface area contributed by atoms with Gasteiger partial charge in [-0.3, -0.25) is 4.79 Å². The van der Waals surface area contributed by atoms with Gasteiger partial charge in [0.25, 0.3) is 0 Å². The maximum absolute atomic E-state index is 12.0. The van der Waals surface area contributed by atoms with E-state index in [2.05, 4.69) is 6.92 Å². The average molecular weight is 346 g/mol. The van der Waals surface area contributed by atoms with Crippen LogP contribution in [-0.4, -0.2) is 56.4 Å². The van der Waals surface area contributed by atoms with Crippen molar-refractivity contribution in [1.82, 2.24) is 0 Å². The third-order valence-electron chi connectivity index (χ3n) is 4.77. The molecular formula is C18H34O6. The van der Waals surface area contributed by atoms with E-state index >= 15 is 0 Å². The number of aliphatic hydroxyl groups excluding tert-OH is 3. The van der Waals surface area contributed by atoms with Gasteiger partial charge in [0.1, 0.15) is 24.1 Å². The van der Waals surface area contributed by atoms with Gasteiger partial charge in [0.2, 0.25) is 5.79 Å². The van der Waals surface area contributed by atoms with Gasteiger partial charge < -0.3 is 25.2 Å². The number of unbranched alkanes of at least 4 members (excludes halogenated alkanes) is 7. The number of ether oxygens (including phenoxy) is 1. The highest BCUT2D eigenvalue weighted by molar-refractivity contribution is 5.79. The number of ketones is 1. The summed E-state index contributed by atoms with van der Waals surface area (Å²) < 4.78 is 5.20. The van der Waals surface area contributed by atoms with Gasteiger partial charge in [-0.15, -0.1) is 0 Å². The Morgan fingerprint density at radius 3 is 2.08 bits per heavy atom. The molecule has 1 aliphatic rings. The van der Waals surface area contributed by atoms with Crippen molar-refractivity contribution in [2.45, 2.75) is 108 Å². The van der Waals surface area contributed by atoms with E-state index in [1.54, 1.807) is 0 Å². The zero-order chi connectivity index (χ0) is 18.2. The highest BCUT2D eigenvalue weighted by Gasteiger charge is 2.52. The maximum Gasteiger partial charge on any atom is 0.202 e. The van der Waals surface area contributed by atoms with Crippen LogP contribution in [0.15, 0.2) is 0 Å². The molecule has 1 rings (SSSR count). The Labute approximate surface area is 144 Å². The average Bonchev–Trinajstić information content (AvgIpc) is 2.53. The third kappa shape index (κ3) is 6.41. The minimum atomic E-state index is -2.13. The molecule has 0 radical (unpaired) electrons. The number of carbonyl (C=O) groups is 1. The van der Waals surface area contributed by atoms with Crippen LogP contribution < -0.4 is 0 Å². The standard InChI is InChI=1S/C18H34O6/c1-3-4-5-6-7-8-9-10-11-14(19)12-18(23)17(22)16(21)15(20)13(2)24-18/h13,15-17,20-23H,3-12H2,1-2H3/t13-,15+,16+,17-,18-/m0/s1. The summed E-state index contributed by atoms with van der Waals surface area (Å²) in [5.74, 6) is -2.34. The molecule has 1 heterocycles. The first-order chi connectivity index (χ1) is 11.3. The minimum absolute atomic E-state index is 0.210. The first-order valence-corrected chi connectivity index (χ1v) is 9.28. The number of aliphatic hydroxyl groups is 4. The van der Waals surface area contributed by atoms with E-state index in [0.717, 1.165) is 19.3 Å². The second-order valence-corrected chi connectivity index (χ2v) is 7.03. The number of rotatable bonds is 11. The summed E-state index contributed by atoms with van der Waals surface area (Å²) in [7, 11) is 0. The molecule has 0 aliphatic carbocycles. The summed E-state index contributed by atoms with van der Waals surface area (Å²) in [5.41, 5.74) is 0. The molecule has 0 amide bonds. The number of hydrogen-bond donors (Lipinski definition) is 4. The minimum Gasteiger partial charge on any atom is -0.388 e. The third-order valence-corrected chi connectivity index (χ3v) is 4.77. The van der Waals surface area contributed by atoms with Crippen molar-refractivity contribution < 1.29 is 30.0 Å². The first kappa shape index (κ1) is 21.5. The quantitative estimate of drug-likeness (QED) is 0.424. The lowest BCUT2D eigenvalue weighted by Crippen LogP contribution is -2.64. The molecule has 24 heavy (non-hydrogen) atoms. The summed E-state index contributed by atoms with van der Waals surface area (Å²) in [6.07, 6.45) is 3.57. The summed E-state index contributed by atoms with van der Waals surface area (Å²) in [6.45, 7) is 3.67. The Balaban J connectivity index is 2.26. The molecule has 142 valence electrons. The van der Waals surface area contributed by atoms with Crippen molar-refractivity contribution in [1.29, 1.82) is 0 Å². The Morgan fingerprint density at radius 2 is 1.50 bits per heavy atom. The van der Waals surface area contributed by atoms with Crippen molar-refractivity contribution in [2.24, 2.45) is 0 Å². The Bertz CT molecular complexity index is 375. The molecule has 0 spiro atoms. The van der Waals surface area contributed by atoms with Gasteiger partial charge in [0, 0.05) is 6.42 Å². The van der Waals surface area contributed by atoms with Gasteiger partial charge in [-0.05, 0) is 13.3 Å². The molecule has 5 atom stereocenters. The molecular weight excluding hydrogens is 312 g/mol. The topological polar surface area (TPSA) is 107 Å². The van der Waals surface area contributed by atoms with E-state index in [4.69, 9.17) is 4.74 Å². The van der Waals surface area contributed by atoms with E-state index in [0.29, 0.717) is 6.42 Å². The van der Waals surface area contributed by atoms with Crippen molar-refractivity contribution >= 4 is 5.78 Å². The van der Waals surface area contributed by atoms with Crippen molar-refractivity contribution in [3.63, 3.8) is 0 Å². The van der Waals surface area contributed by atoms with Gasteiger partial charge >= 0.3 is 0 Å². The van der Waals surface area contributed by atoms with Crippen LogP contribution in [-0.2, 0) is 9.53 Å². The lowest BCUT2D eigenvalue weighted by molar-refractivity contribution is -0.341. The van der Waals surface area contributed by atoms with E-state index in [-0.39, 0.29) is 12.2 Å². The van der Waals surface area contributed by atoms with Crippen LogP contribution in [0, 0.1) is 0 Å². The van der Waals surface area contributed by atoms with Crippen LogP contribution >= 0.6 is 0 Å². The summed E-state index contributed by atoms with van der Waals surface area (Å²) in [4.78, 5) is 12.0. The van der Waals surface area contributed by atoms with Crippen LogP contribution in [0.5, 0.6) is 0 Å². The molecule has 1 aliphatic heterocycles. The molecule has 0 bridgehead atoms. The van der Waals surface area contributed by atoms with Gasteiger partial charge in [0.15, 0.2) is 0 Å². The lowest BCUT2D eigenvalue weighted by Gasteiger charge is -2.44. The Hall–Kier alpha value is -0.530. The van der Waals surface area contributed by atoms with Gasteiger partial charge in [-0.1, -0.05) is 51.9 Å². The molecule has 1 saturated heterocycles. The van der Waals surface area contributed by atoms with Crippen LogP contribution in [0.1, 0.15) is 78.1 Å². The van der Waals surface area contributed by atoms with Gasteiger partial charge in [0.05, 0.1) is 12.5 Å². The molecule has 4 N–H and O–H groups in total. The van der Waals surface area contributed by atoms with Crippen molar-refractivity contribution in [3.8, 4) is 0 Å². The fourth-order valence-electron chi connectivity index (χ4n) is 3.17. The summed E-state index contributed by atoms with van der Waals surface area (Å²) in [5, 5.41) is 39.6. The highest BCUT2D eigenvalue weighted by Crippen LogP contribution is 2.31. The normalized spacial score (nSPS) is 33.6. The number of hydrogen-bond acceptors (Lipinski definition) is 6. The molecule has 0 aromatic carbocycles. The summed E-state index contributed by atoms with van der Waals surface area (Å²) >= 11 is 0. The van der Waals surface area contributed by atoms with Crippen molar-refractivity contribution in [2.75, 3.05) is 0 Å². The largest absolute Gasteiger partial charge is 0.388 e. The fourth-order valence-corrected chi connectivity index (χ4v) is 3.17. The van der Waals surface area contributed by atoms with E-state index in [1.165, 1.54) is 39.0 Å². The smallest absolute Gasteiger partial charge is 0.202 e. The highest BCUT2D eigenvalue weighted by atomic mass is 16.7. The van der Waals surface area contributed by atoms with Crippen LogP contribution in [0.4, 0.5) is 0 Å². The zero-order valence-electron chi connectivity index (χ0n) is 15.0. The van der Waals surface area contributed by atoms with Crippen LogP contribution in [0.25, 0.3) is 0 Å². The van der Waals surface area contributed by atoms with Crippen molar-refractivity contribution in [3.05, 3.63) is 0 Å². The van der Waals surface area contributed by atoms with E-state index in [9.17, 15) is 25.2 Å². The predicted octanol–water partition coefficient (Wildman–Crippen LogP) is 1.67. The van der Waals surface area contributed by atoms with E-state index < -0.39 is 30.2 Å². The van der Waals surface area contributed by atoms with Gasteiger partial charge in [-0.25, -0.2) is 0 Å². The lowest BCUT2D eigenvalue weighted by atomic mass is 9.89. The molecule has 0 aromatic heterocycles. The molecule has 0 aromatic rings. The number of Topliss-reactive ketones (excluding diaryl/α,β-unsaturated/α-hetero) is 1. The second-order valence-electron chi connectivity index (χ2n) is 7.03. The number of carbonyl (C=O) groups excluding carboxylic acids is 1. The predicted molar refractivity (Wildman–Crippen MR) is 90.4 cm³/mol. The first-order valence-electron chi connectivity index (χ1n) is 9.28. The molecule has 6 heteroatoms. The SMILES string of the molecule is CCCCCCCCCCC(=O)C[C@]1(O)O[C@@H](C)[C@@H](O)[C@@H](O)[C@@H]1O. The monoisotopic (exact) mass is 346 g/mol. The maximum atomic E-state index is 12.0. The van der Waals surface area contributed by atoms with E-state index in [1.807, 2.05) is 0 Å². The molecule has 0 saturated carbocycles. The summed E-state index contributed by atoms with van der Waals surface area (Å²) in [6, 6.07) is 0. The van der Waals surface area contributed by atoms with Crippen LogP contribution in [0.2, 0.25) is 0 Å². The zero-order valence-corrected chi connectivity index (χ0v) is 15.0. The second kappa shape index (κ2) is 10.5. The Morgan fingerprint density at radius 1 is 0.958 bits per heavy atom. The van der Waals surface area contributed by atoms with Gasteiger partial charge in [-0.2, -0.15) is 0 Å². The van der Waals surface area contributed by atoms with Crippen LogP contribution in [0.3, 0.4) is 0 Å².